The fraction of sp³-hybridized carbons (Fsp3) is 0.174. The van der Waals surface area contributed by atoms with Crippen LogP contribution >= 0.6 is 0 Å². The van der Waals surface area contributed by atoms with Crippen LogP contribution in [0, 0.1) is 0 Å². The first-order chi connectivity index (χ1) is 12.8. The fourth-order valence-electron chi connectivity index (χ4n) is 3.44. The SMILES string of the molecule is O=c1cc(CNCCCc2ccccc2)c2c(ccc3ccccc32)o1. The number of rotatable bonds is 6. The van der Waals surface area contributed by atoms with E-state index in [1.807, 2.05) is 30.3 Å². The minimum Gasteiger partial charge on any atom is -0.423 e. The lowest BCUT2D eigenvalue weighted by Gasteiger charge is -2.10. The molecule has 0 radical (unpaired) electrons. The molecule has 0 amide bonds. The molecule has 0 atom stereocenters. The fourth-order valence-corrected chi connectivity index (χ4v) is 3.44. The zero-order chi connectivity index (χ0) is 17.8. The van der Waals surface area contributed by atoms with E-state index in [1.165, 1.54) is 5.56 Å². The largest absolute Gasteiger partial charge is 0.423 e. The molecule has 3 heteroatoms. The van der Waals surface area contributed by atoms with E-state index in [0.717, 1.165) is 41.1 Å². The van der Waals surface area contributed by atoms with Crippen molar-refractivity contribution in [2.75, 3.05) is 6.54 Å². The maximum absolute atomic E-state index is 11.9. The Morgan fingerprint density at radius 1 is 0.885 bits per heavy atom. The summed E-state index contributed by atoms with van der Waals surface area (Å²) in [5.41, 5.74) is 2.70. The Labute approximate surface area is 152 Å². The van der Waals surface area contributed by atoms with Crippen LogP contribution < -0.4 is 10.9 Å². The van der Waals surface area contributed by atoms with Crippen LogP contribution in [0.5, 0.6) is 0 Å². The van der Waals surface area contributed by atoms with E-state index in [4.69, 9.17) is 4.42 Å². The van der Waals surface area contributed by atoms with Crippen molar-refractivity contribution in [3.05, 3.63) is 94.3 Å². The van der Waals surface area contributed by atoms with Gasteiger partial charge in [-0.3, -0.25) is 0 Å². The summed E-state index contributed by atoms with van der Waals surface area (Å²) in [4.78, 5) is 11.9. The predicted molar refractivity (Wildman–Crippen MR) is 106 cm³/mol. The summed E-state index contributed by atoms with van der Waals surface area (Å²) < 4.78 is 5.41. The van der Waals surface area contributed by atoms with Gasteiger partial charge in [-0.15, -0.1) is 0 Å². The first-order valence-electron chi connectivity index (χ1n) is 9.00. The summed E-state index contributed by atoms with van der Waals surface area (Å²) >= 11 is 0. The second kappa shape index (κ2) is 7.54. The van der Waals surface area contributed by atoms with Gasteiger partial charge in [-0.2, -0.15) is 0 Å². The van der Waals surface area contributed by atoms with Crippen LogP contribution in [-0.2, 0) is 13.0 Å². The van der Waals surface area contributed by atoms with Crippen LogP contribution in [0.4, 0.5) is 0 Å². The molecule has 0 fully saturated rings. The zero-order valence-electron chi connectivity index (χ0n) is 14.6. The van der Waals surface area contributed by atoms with E-state index < -0.39 is 0 Å². The third-order valence-corrected chi connectivity index (χ3v) is 4.69. The van der Waals surface area contributed by atoms with Crippen molar-refractivity contribution in [2.45, 2.75) is 19.4 Å². The first-order valence-corrected chi connectivity index (χ1v) is 9.00. The first kappa shape index (κ1) is 16.6. The van der Waals surface area contributed by atoms with Crippen LogP contribution in [-0.4, -0.2) is 6.54 Å². The molecule has 0 bridgehead atoms. The van der Waals surface area contributed by atoms with Gasteiger partial charge in [-0.25, -0.2) is 4.79 Å². The molecule has 1 N–H and O–H groups in total. The lowest BCUT2D eigenvalue weighted by Crippen LogP contribution is -2.17. The van der Waals surface area contributed by atoms with Crippen LogP contribution in [0.25, 0.3) is 21.7 Å². The van der Waals surface area contributed by atoms with Gasteiger partial charge in [0.15, 0.2) is 0 Å². The highest BCUT2D eigenvalue weighted by atomic mass is 16.4. The minimum absolute atomic E-state index is 0.297. The normalized spacial score (nSPS) is 11.2. The van der Waals surface area contributed by atoms with Crippen LogP contribution in [0.15, 0.2) is 82.0 Å². The summed E-state index contributed by atoms with van der Waals surface area (Å²) in [5, 5.41) is 6.77. The van der Waals surface area contributed by atoms with Crippen LogP contribution in [0.2, 0.25) is 0 Å². The van der Waals surface area contributed by atoms with Gasteiger partial charge in [-0.05, 0) is 47.4 Å². The molecule has 0 saturated heterocycles. The van der Waals surface area contributed by atoms with Crippen molar-refractivity contribution in [3.63, 3.8) is 0 Å². The van der Waals surface area contributed by atoms with Crippen molar-refractivity contribution in [3.8, 4) is 0 Å². The molecular weight excluding hydrogens is 322 g/mol. The molecule has 1 heterocycles. The lowest BCUT2D eigenvalue weighted by atomic mass is 10.0. The smallest absolute Gasteiger partial charge is 0.336 e. The lowest BCUT2D eigenvalue weighted by molar-refractivity contribution is 0.556. The Balaban J connectivity index is 1.52. The molecule has 3 nitrogen and oxygen atoms in total. The van der Waals surface area contributed by atoms with E-state index >= 15 is 0 Å². The van der Waals surface area contributed by atoms with E-state index in [1.54, 1.807) is 6.07 Å². The zero-order valence-corrected chi connectivity index (χ0v) is 14.6. The molecule has 130 valence electrons. The minimum atomic E-state index is -0.297. The number of benzene rings is 3. The van der Waals surface area contributed by atoms with Gasteiger partial charge >= 0.3 is 5.63 Å². The second-order valence-corrected chi connectivity index (χ2v) is 6.52. The summed E-state index contributed by atoms with van der Waals surface area (Å²) in [6, 6.07) is 24.2. The van der Waals surface area contributed by atoms with Gasteiger partial charge in [0.1, 0.15) is 5.58 Å². The number of aryl methyl sites for hydroxylation is 1. The quantitative estimate of drug-likeness (QED) is 0.314. The van der Waals surface area contributed by atoms with E-state index in [-0.39, 0.29) is 5.63 Å². The molecule has 0 aliphatic rings. The van der Waals surface area contributed by atoms with E-state index in [2.05, 4.69) is 41.7 Å². The van der Waals surface area contributed by atoms with Crippen LogP contribution in [0.3, 0.4) is 0 Å². The summed E-state index contributed by atoms with van der Waals surface area (Å²) in [5.74, 6) is 0. The molecule has 1 aromatic heterocycles. The summed E-state index contributed by atoms with van der Waals surface area (Å²) in [6.45, 7) is 1.56. The monoisotopic (exact) mass is 343 g/mol. The van der Waals surface area contributed by atoms with Gasteiger partial charge in [0, 0.05) is 18.0 Å². The van der Waals surface area contributed by atoms with Crippen molar-refractivity contribution in [1.29, 1.82) is 0 Å². The third-order valence-electron chi connectivity index (χ3n) is 4.69. The second-order valence-electron chi connectivity index (χ2n) is 6.52. The molecule has 0 aliphatic heterocycles. The molecule has 3 aromatic carbocycles. The molecule has 0 spiro atoms. The number of nitrogens with one attached hydrogen (secondary N) is 1. The summed E-state index contributed by atoms with van der Waals surface area (Å²) in [7, 11) is 0. The number of hydrogen-bond acceptors (Lipinski definition) is 3. The Bertz CT molecular complexity index is 1080. The standard InChI is InChI=1S/C23H21NO2/c25-22-15-19(16-24-14-6-9-17-7-2-1-3-8-17)23-20-11-5-4-10-18(20)12-13-21(23)26-22/h1-5,7-8,10-13,15,24H,6,9,14,16H2. The Kier molecular flexibility index (Phi) is 4.80. The third kappa shape index (κ3) is 3.53. The Hall–Kier alpha value is -2.91. The van der Waals surface area contributed by atoms with Gasteiger partial charge in [0.05, 0.1) is 0 Å². The Morgan fingerprint density at radius 2 is 1.69 bits per heavy atom. The molecule has 4 aromatic rings. The average molecular weight is 343 g/mol. The molecule has 26 heavy (non-hydrogen) atoms. The van der Waals surface area contributed by atoms with Crippen molar-refractivity contribution in [2.24, 2.45) is 0 Å². The van der Waals surface area contributed by atoms with Crippen LogP contribution in [0.1, 0.15) is 17.5 Å². The topological polar surface area (TPSA) is 42.2 Å². The van der Waals surface area contributed by atoms with Crippen molar-refractivity contribution in [1.82, 2.24) is 5.32 Å². The maximum Gasteiger partial charge on any atom is 0.336 e. The van der Waals surface area contributed by atoms with Gasteiger partial charge in [-0.1, -0.05) is 60.7 Å². The highest BCUT2D eigenvalue weighted by molar-refractivity contribution is 6.07. The molecule has 0 saturated carbocycles. The maximum atomic E-state index is 11.9. The van der Waals surface area contributed by atoms with Gasteiger partial charge in [0.25, 0.3) is 0 Å². The van der Waals surface area contributed by atoms with E-state index in [9.17, 15) is 4.79 Å². The molecule has 0 unspecified atom stereocenters. The van der Waals surface area contributed by atoms with Crippen molar-refractivity contribution < 1.29 is 4.42 Å². The average Bonchev–Trinajstić information content (AvgIpc) is 2.68. The Morgan fingerprint density at radius 3 is 2.58 bits per heavy atom. The molecule has 4 rings (SSSR count). The van der Waals surface area contributed by atoms with Gasteiger partial charge in [0.2, 0.25) is 0 Å². The number of hydrogen-bond donors (Lipinski definition) is 1. The highest BCUT2D eigenvalue weighted by Crippen LogP contribution is 2.27. The van der Waals surface area contributed by atoms with Crippen molar-refractivity contribution >= 4 is 21.7 Å². The molecule has 0 aliphatic carbocycles. The number of fused-ring (bicyclic) bond motifs is 3. The van der Waals surface area contributed by atoms with Gasteiger partial charge < -0.3 is 9.73 Å². The highest BCUT2D eigenvalue weighted by Gasteiger charge is 2.09. The summed E-state index contributed by atoms with van der Waals surface area (Å²) in [6.07, 6.45) is 2.11. The molecular formula is C23H21NO2. The van der Waals surface area contributed by atoms with E-state index in [0.29, 0.717) is 12.1 Å². The predicted octanol–water partition coefficient (Wildman–Crippen LogP) is 4.67.